The summed E-state index contributed by atoms with van der Waals surface area (Å²) in [6, 6.07) is 35.2. The molecule has 0 aliphatic carbocycles. The van der Waals surface area contributed by atoms with E-state index >= 15 is 0 Å². The lowest BCUT2D eigenvalue weighted by atomic mass is 9.87. The highest BCUT2D eigenvalue weighted by Crippen LogP contribution is 2.29. The summed E-state index contributed by atoms with van der Waals surface area (Å²) >= 11 is 0.867. The monoisotopic (exact) mass is 677 g/mol. The van der Waals surface area contributed by atoms with E-state index < -0.39 is 0 Å². The van der Waals surface area contributed by atoms with Crippen molar-refractivity contribution in [2.24, 2.45) is 15.6 Å². The molecule has 252 valence electrons. The third-order valence-electron chi connectivity index (χ3n) is 7.75. The number of carbonyl (C=O) groups is 1. The molecule has 2 heterocycles. The summed E-state index contributed by atoms with van der Waals surface area (Å²) in [4.78, 5) is 22.6. The van der Waals surface area contributed by atoms with Gasteiger partial charge >= 0.3 is 0 Å². The number of unbranched alkanes of at least 4 members (excludes halogenated alkanes) is 1. The molecule has 0 atom stereocenters. The molecule has 5 rings (SSSR count). The molecule has 2 aromatic heterocycles. The molecule has 1 amide bonds. The average Bonchev–Trinajstić information content (AvgIpc) is 3.14. The molecule has 0 saturated carbocycles. The largest absolute Gasteiger partial charge is 0.478 e. The first-order chi connectivity index (χ1) is 23.9. The van der Waals surface area contributed by atoms with Crippen molar-refractivity contribution in [2.45, 2.75) is 44.6 Å². The van der Waals surface area contributed by atoms with Crippen LogP contribution in [0.3, 0.4) is 0 Å². The highest BCUT2D eigenvalue weighted by molar-refractivity contribution is 7.94. The van der Waals surface area contributed by atoms with Crippen LogP contribution in [0.5, 0.6) is 5.88 Å². The average molecular weight is 678 g/mol. The number of nitrogens with zero attached hydrogens (tertiary/aromatic N) is 4. The fourth-order valence-corrected chi connectivity index (χ4v) is 5.53. The van der Waals surface area contributed by atoms with Crippen molar-refractivity contribution in [3.8, 4) is 28.3 Å². The number of pyridine rings is 2. The maximum atomic E-state index is 12.8. The SMILES string of the molecule is CC(C)(CCCCOc1cc(-c2ccccc2)cc(-c2ccccc2)n1)CNC(=O)c1ccc(N=NCc2ccccc2SOOO)nc1. The molecule has 49 heavy (non-hydrogen) atoms. The van der Waals surface area contributed by atoms with E-state index in [0.29, 0.717) is 30.4 Å². The second-order valence-electron chi connectivity index (χ2n) is 12.1. The highest BCUT2D eigenvalue weighted by Gasteiger charge is 2.19. The molecule has 2 N–H and O–H groups in total. The zero-order chi connectivity index (χ0) is 34.3. The van der Waals surface area contributed by atoms with Gasteiger partial charge in [0, 0.05) is 29.3 Å². The van der Waals surface area contributed by atoms with Crippen LogP contribution in [0.2, 0.25) is 0 Å². The Morgan fingerprint density at radius 2 is 1.61 bits per heavy atom. The summed E-state index contributed by atoms with van der Waals surface area (Å²) in [7, 11) is 0. The maximum absolute atomic E-state index is 12.8. The minimum atomic E-state index is -0.192. The maximum Gasteiger partial charge on any atom is 0.252 e. The van der Waals surface area contributed by atoms with E-state index in [-0.39, 0.29) is 17.9 Å². The van der Waals surface area contributed by atoms with Crippen LogP contribution < -0.4 is 10.1 Å². The second-order valence-corrected chi connectivity index (χ2v) is 12.8. The van der Waals surface area contributed by atoms with Crippen LogP contribution in [0.15, 0.2) is 131 Å². The minimum Gasteiger partial charge on any atom is -0.478 e. The predicted molar refractivity (Wildman–Crippen MR) is 190 cm³/mol. The number of carbonyl (C=O) groups excluding carboxylic acids is 1. The first kappa shape index (κ1) is 35.4. The van der Waals surface area contributed by atoms with Crippen molar-refractivity contribution in [2.75, 3.05) is 13.2 Å². The van der Waals surface area contributed by atoms with Gasteiger partial charge in [0.05, 0.1) is 36.5 Å². The van der Waals surface area contributed by atoms with Crippen LogP contribution in [0.1, 0.15) is 49.0 Å². The van der Waals surface area contributed by atoms with E-state index in [0.717, 1.165) is 64.1 Å². The van der Waals surface area contributed by atoms with Gasteiger partial charge in [-0.2, -0.15) is 5.11 Å². The van der Waals surface area contributed by atoms with Crippen molar-refractivity contribution >= 4 is 23.8 Å². The smallest absolute Gasteiger partial charge is 0.252 e. The van der Waals surface area contributed by atoms with Crippen LogP contribution in [-0.4, -0.2) is 34.3 Å². The lowest BCUT2D eigenvalue weighted by molar-refractivity contribution is -0.432. The summed E-state index contributed by atoms with van der Waals surface area (Å²) in [6.45, 7) is 5.64. The van der Waals surface area contributed by atoms with Gasteiger partial charge in [0.15, 0.2) is 5.82 Å². The second kappa shape index (κ2) is 18.0. The summed E-state index contributed by atoms with van der Waals surface area (Å²) in [5, 5.41) is 23.5. The lowest BCUT2D eigenvalue weighted by Gasteiger charge is -2.25. The summed E-state index contributed by atoms with van der Waals surface area (Å²) in [6.07, 6.45) is 4.22. The number of nitrogens with one attached hydrogen (secondary N) is 1. The van der Waals surface area contributed by atoms with Crippen molar-refractivity contribution in [3.05, 3.63) is 127 Å². The Morgan fingerprint density at radius 3 is 2.35 bits per heavy atom. The van der Waals surface area contributed by atoms with Gasteiger partial charge < -0.3 is 10.1 Å². The van der Waals surface area contributed by atoms with E-state index in [1.54, 1.807) is 12.1 Å². The zero-order valence-corrected chi connectivity index (χ0v) is 28.3. The number of benzene rings is 3. The molecule has 0 unspecified atom stereocenters. The Kier molecular flexibility index (Phi) is 13.0. The molecular formula is C38H39N5O5S. The van der Waals surface area contributed by atoms with Gasteiger partial charge in [0.2, 0.25) is 5.88 Å². The molecule has 3 aromatic carbocycles. The van der Waals surface area contributed by atoms with Gasteiger partial charge in [0.1, 0.15) is 0 Å². The Balaban J connectivity index is 1.06. The Labute approximate surface area is 290 Å². The van der Waals surface area contributed by atoms with E-state index in [1.807, 2.05) is 66.7 Å². The number of aromatic nitrogens is 2. The fraction of sp³-hybridized carbons (Fsp3) is 0.237. The Hall–Kier alpha value is -4.94. The van der Waals surface area contributed by atoms with Crippen LogP contribution in [0.4, 0.5) is 5.82 Å². The predicted octanol–water partition coefficient (Wildman–Crippen LogP) is 9.53. The van der Waals surface area contributed by atoms with E-state index in [9.17, 15) is 4.79 Å². The first-order valence-corrected chi connectivity index (χ1v) is 16.7. The zero-order valence-electron chi connectivity index (χ0n) is 27.5. The number of hydrogen-bond donors (Lipinski definition) is 2. The number of rotatable bonds is 17. The highest BCUT2D eigenvalue weighted by atomic mass is 32.2. The summed E-state index contributed by atoms with van der Waals surface area (Å²) in [5.74, 6) is 0.803. The normalized spacial score (nSPS) is 11.5. The number of amides is 1. The number of ether oxygens (including phenoxy) is 1. The summed E-state index contributed by atoms with van der Waals surface area (Å²) in [5.41, 5.74) is 5.28. The van der Waals surface area contributed by atoms with Crippen LogP contribution >= 0.6 is 12.0 Å². The van der Waals surface area contributed by atoms with Gasteiger partial charge in [-0.1, -0.05) is 97.7 Å². The number of hydrogen-bond acceptors (Lipinski definition) is 10. The quantitative estimate of drug-likeness (QED) is 0.0328. The van der Waals surface area contributed by atoms with Gasteiger partial charge in [-0.15, -0.1) is 9.45 Å². The molecule has 0 aliphatic heterocycles. The Morgan fingerprint density at radius 1 is 0.878 bits per heavy atom. The third-order valence-corrected chi connectivity index (χ3v) is 8.46. The van der Waals surface area contributed by atoms with Gasteiger partial charge in [-0.25, -0.2) is 15.2 Å². The Bertz CT molecular complexity index is 1750. The van der Waals surface area contributed by atoms with Gasteiger partial charge in [-0.05, 0) is 65.6 Å². The molecule has 0 radical (unpaired) electrons. The number of azo groups is 1. The molecule has 5 aromatic rings. The third kappa shape index (κ3) is 11.0. The molecule has 0 fully saturated rings. The van der Waals surface area contributed by atoms with E-state index in [4.69, 9.17) is 15.0 Å². The molecule has 11 heteroatoms. The molecule has 0 bridgehead atoms. The van der Waals surface area contributed by atoms with Crippen LogP contribution in [0.25, 0.3) is 22.4 Å². The van der Waals surface area contributed by atoms with Gasteiger partial charge in [-0.3, -0.25) is 4.79 Å². The molecule has 0 aliphatic rings. The molecule has 10 nitrogen and oxygen atoms in total. The summed E-state index contributed by atoms with van der Waals surface area (Å²) < 4.78 is 10.7. The van der Waals surface area contributed by atoms with Crippen molar-refractivity contribution in [3.63, 3.8) is 0 Å². The van der Waals surface area contributed by atoms with Crippen LogP contribution in [0, 0.1) is 5.41 Å². The lowest BCUT2D eigenvalue weighted by Crippen LogP contribution is -2.34. The van der Waals surface area contributed by atoms with Crippen molar-refractivity contribution < 1.29 is 24.2 Å². The van der Waals surface area contributed by atoms with Gasteiger partial charge in [0.25, 0.3) is 5.91 Å². The fourth-order valence-electron chi connectivity index (χ4n) is 5.06. The minimum absolute atomic E-state index is 0.105. The first-order valence-electron chi connectivity index (χ1n) is 16.0. The van der Waals surface area contributed by atoms with Crippen LogP contribution in [-0.2, 0) is 15.9 Å². The van der Waals surface area contributed by atoms with Crippen molar-refractivity contribution in [1.82, 2.24) is 15.3 Å². The molecule has 0 spiro atoms. The van der Waals surface area contributed by atoms with Crippen molar-refractivity contribution in [1.29, 1.82) is 0 Å². The topological polar surface area (TPSA) is 128 Å². The standard InChI is InChI=1S/C38H39N5O5S/c1-38(2,27-40-37(44)31-19-20-35(39-25-31)43-41-26-30-17-9-10-18-34(30)49-48-47-45)21-11-12-22-46-36-24-32(28-13-5-3-6-14-28)23-33(42-36)29-15-7-4-8-16-29/h3-10,13-20,23-25,45H,11-12,21-22,26-27H2,1-2H3,(H,40,44). The van der Waals surface area contributed by atoms with E-state index in [1.165, 1.54) is 6.20 Å². The van der Waals surface area contributed by atoms with E-state index in [2.05, 4.69) is 74.1 Å². The molecule has 0 saturated heterocycles. The molecular weight excluding hydrogens is 639 g/mol.